The van der Waals surface area contributed by atoms with E-state index in [1.165, 1.54) is 10.9 Å². The van der Waals surface area contributed by atoms with Crippen LogP contribution in [0.2, 0.25) is 0 Å². The maximum absolute atomic E-state index is 12.7. The van der Waals surface area contributed by atoms with Gasteiger partial charge in [0.15, 0.2) is 17.7 Å². The summed E-state index contributed by atoms with van der Waals surface area (Å²) in [4.78, 5) is 35.6. The Hall–Kier alpha value is -4.02. The molecule has 3 aromatic heterocycles. The number of hydrogen-bond donors (Lipinski definition) is 1. The zero-order valence-electron chi connectivity index (χ0n) is 16.8. The predicted molar refractivity (Wildman–Crippen MR) is 107 cm³/mol. The Bertz CT molecular complexity index is 1360. The molecule has 0 aliphatic heterocycles. The van der Waals surface area contributed by atoms with Gasteiger partial charge < -0.3 is 9.72 Å². The van der Waals surface area contributed by atoms with Crippen LogP contribution in [0.15, 0.2) is 53.6 Å². The van der Waals surface area contributed by atoms with E-state index in [1.807, 2.05) is 0 Å². The van der Waals surface area contributed by atoms with Gasteiger partial charge in [-0.2, -0.15) is 18.3 Å². The molecule has 4 rings (SSSR count). The first-order chi connectivity index (χ1) is 15.1. The molecule has 0 saturated heterocycles. The number of alkyl halides is 3. The number of halogens is 3. The summed E-state index contributed by atoms with van der Waals surface area (Å²) in [7, 11) is 0. The number of nitrogens with one attached hydrogen (secondary N) is 1. The normalized spacial score (nSPS) is 12.7. The molecule has 1 unspecified atom stereocenters. The standard InChI is InChI=1S/C21H16F3N5O3/c1-11-15(10-26-29(11)17-8-7-13(9-25-17)21(22,23)24)20(31)32-12(2)18-27-16-6-4-3-5-14(16)19(30)28-18/h3-10,12H,1-2H3,(H,27,28,30). The van der Waals surface area contributed by atoms with Gasteiger partial charge in [-0.05, 0) is 38.1 Å². The lowest BCUT2D eigenvalue weighted by atomic mass is 10.2. The maximum Gasteiger partial charge on any atom is 0.417 e. The van der Waals surface area contributed by atoms with Gasteiger partial charge >= 0.3 is 12.1 Å². The second-order valence-electron chi connectivity index (χ2n) is 6.97. The van der Waals surface area contributed by atoms with Crippen LogP contribution < -0.4 is 5.56 Å². The van der Waals surface area contributed by atoms with Gasteiger partial charge in [-0.25, -0.2) is 19.4 Å². The van der Waals surface area contributed by atoms with Crippen LogP contribution in [-0.4, -0.2) is 30.7 Å². The summed E-state index contributed by atoms with van der Waals surface area (Å²) in [6.45, 7) is 3.12. The largest absolute Gasteiger partial charge is 0.451 e. The molecule has 1 N–H and O–H groups in total. The lowest BCUT2D eigenvalue weighted by Crippen LogP contribution is -2.17. The lowest BCUT2D eigenvalue weighted by Gasteiger charge is -2.13. The molecule has 0 amide bonds. The highest BCUT2D eigenvalue weighted by Gasteiger charge is 2.31. The monoisotopic (exact) mass is 443 g/mol. The summed E-state index contributed by atoms with van der Waals surface area (Å²) in [6, 6.07) is 8.80. The number of carbonyl (C=O) groups excluding carboxylic acids is 1. The second-order valence-corrected chi connectivity index (χ2v) is 6.97. The number of benzene rings is 1. The zero-order chi connectivity index (χ0) is 23.0. The average molecular weight is 443 g/mol. The number of ether oxygens (including phenoxy) is 1. The third kappa shape index (κ3) is 3.96. The van der Waals surface area contributed by atoms with Gasteiger partial charge in [-0.1, -0.05) is 12.1 Å². The van der Waals surface area contributed by atoms with Crippen molar-refractivity contribution in [2.24, 2.45) is 0 Å². The number of esters is 1. The number of nitrogens with zero attached hydrogens (tertiary/aromatic N) is 4. The molecule has 0 bridgehead atoms. The molecule has 11 heteroatoms. The van der Waals surface area contributed by atoms with Gasteiger partial charge in [-0.15, -0.1) is 0 Å². The van der Waals surface area contributed by atoms with E-state index in [4.69, 9.17) is 4.74 Å². The maximum atomic E-state index is 12.7. The number of hydrogen-bond acceptors (Lipinski definition) is 6. The van der Waals surface area contributed by atoms with Gasteiger partial charge in [0.05, 0.1) is 28.4 Å². The molecule has 164 valence electrons. The molecule has 1 aromatic carbocycles. The summed E-state index contributed by atoms with van der Waals surface area (Å²) in [5.41, 5.74) is -0.357. The predicted octanol–water partition coefficient (Wildman–Crippen LogP) is 3.75. The number of aromatic amines is 1. The highest BCUT2D eigenvalue weighted by molar-refractivity contribution is 5.90. The van der Waals surface area contributed by atoms with Gasteiger partial charge in [0.2, 0.25) is 0 Å². The van der Waals surface area contributed by atoms with Crippen LogP contribution in [0.1, 0.15) is 40.5 Å². The van der Waals surface area contributed by atoms with E-state index in [-0.39, 0.29) is 22.8 Å². The molecule has 0 radical (unpaired) electrons. The van der Waals surface area contributed by atoms with Crippen molar-refractivity contribution < 1.29 is 22.7 Å². The Kier molecular flexibility index (Phi) is 5.25. The fraction of sp³-hybridized carbons (Fsp3) is 0.190. The van der Waals surface area contributed by atoms with Crippen molar-refractivity contribution in [3.63, 3.8) is 0 Å². The van der Waals surface area contributed by atoms with E-state index < -0.39 is 23.8 Å². The molecule has 8 nitrogen and oxygen atoms in total. The third-order valence-electron chi connectivity index (χ3n) is 4.82. The summed E-state index contributed by atoms with van der Waals surface area (Å²) in [5.74, 6) is -0.441. The van der Waals surface area contributed by atoms with Crippen LogP contribution >= 0.6 is 0 Å². The Morgan fingerprint density at radius 3 is 2.59 bits per heavy atom. The number of aromatic nitrogens is 5. The zero-order valence-corrected chi connectivity index (χ0v) is 16.8. The number of pyridine rings is 1. The molecule has 0 fully saturated rings. The minimum absolute atomic E-state index is 0.0988. The molecule has 0 saturated carbocycles. The molecule has 4 aromatic rings. The van der Waals surface area contributed by atoms with Crippen molar-refractivity contribution in [1.82, 2.24) is 24.7 Å². The Morgan fingerprint density at radius 2 is 1.91 bits per heavy atom. The van der Waals surface area contributed by atoms with Gasteiger partial charge in [0.25, 0.3) is 5.56 Å². The highest BCUT2D eigenvalue weighted by atomic mass is 19.4. The van der Waals surface area contributed by atoms with Crippen molar-refractivity contribution in [2.45, 2.75) is 26.1 Å². The van der Waals surface area contributed by atoms with Gasteiger partial charge in [0, 0.05) is 6.20 Å². The summed E-state index contributed by atoms with van der Waals surface area (Å²) in [5, 5.41) is 4.45. The van der Waals surface area contributed by atoms with E-state index >= 15 is 0 Å². The number of fused-ring (bicyclic) bond motifs is 1. The van der Waals surface area contributed by atoms with Crippen molar-refractivity contribution in [1.29, 1.82) is 0 Å². The number of para-hydroxylation sites is 1. The fourth-order valence-corrected chi connectivity index (χ4v) is 3.10. The third-order valence-corrected chi connectivity index (χ3v) is 4.82. The minimum atomic E-state index is -4.51. The van der Waals surface area contributed by atoms with Crippen LogP contribution in [0.25, 0.3) is 16.7 Å². The highest BCUT2D eigenvalue weighted by Crippen LogP contribution is 2.29. The van der Waals surface area contributed by atoms with Gasteiger partial charge in [0.1, 0.15) is 5.56 Å². The van der Waals surface area contributed by atoms with E-state index in [2.05, 4.69) is 20.1 Å². The molecule has 0 spiro atoms. The number of rotatable bonds is 4. The molecular weight excluding hydrogens is 427 g/mol. The van der Waals surface area contributed by atoms with E-state index in [0.29, 0.717) is 22.8 Å². The molecular formula is C21H16F3N5O3. The first-order valence-corrected chi connectivity index (χ1v) is 9.43. The van der Waals surface area contributed by atoms with Crippen LogP contribution in [-0.2, 0) is 10.9 Å². The first-order valence-electron chi connectivity index (χ1n) is 9.43. The topological polar surface area (TPSA) is 103 Å². The molecule has 3 heterocycles. The molecule has 32 heavy (non-hydrogen) atoms. The molecule has 0 aliphatic carbocycles. The SMILES string of the molecule is Cc1c(C(=O)OC(C)c2nc3ccccc3c(=O)[nH]2)cnn1-c1ccc(C(F)(F)F)cn1. The van der Waals surface area contributed by atoms with Crippen LogP contribution in [0.3, 0.4) is 0 Å². The Balaban J connectivity index is 1.56. The molecule has 0 aliphatic rings. The van der Waals surface area contributed by atoms with E-state index in [0.717, 1.165) is 12.1 Å². The smallest absolute Gasteiger partial charge is 0.417 e. The Labute approximate surface area is 178 Å². The Morgan fingerprint density at radius 1 is 1.16 bits per heavy atom. The van der Waals surface area contributed by atoms with Crippen LogP contribution in [0.4, 0.5) is 13.2 Å². The van der Waals surface area contributed by atoms with Crippen molar-refractivity contribution >= 4 is 16.9 Å². The average Bonchev–Trinajstić information content (AvgIpc) is 3.14. The van der Waals surface area contributed by atoms with Crippen LogP contribution in [0, 0.1) is 6.92 Å². The fourth-order valence-electron chi connectivity index (χ4n) is 3.10. The summed E-state index contributed by atoms with van der Waals surface area (Å²) < 4.78 is 44.9. The summed E-state index contributed by atoms with van der Waals surface area (Å²) in [6.07, 6.45) is -3.45. The van der Waals surface area contributed by atoms with Crippen molar-refractivity contribution in [3.8, 4) is 5.82 Å². The quantitative estimate of drug-likeness (QED) is 0.482. The van der Waals surface area contributed by atoms with Crippen molar-refractivity contribution in [3.05, 3.63) is 81.8 Å². The minimum Gasteiger partial charge on any atom is -0.451 e. The summed E-state index contributed by atoms with van der Waals surface area (Å²) >= 11 is 0. The van der Waals surface area contributed by atoms with E-state index in [9.17, 15) is 22.8 Å². The molecule has 1 atom stereocenters. The van der Waals surface area contributed by atoms with E-state index in [1.54, 1.807) is 38.1 Å². The van der Waals surface area contributed by atoms with Gasteiger partial charge in [-0.3, -0.25) is 4.79 Å². The van der Waals surface area contributed by atoms with Crippen LogP contribution in [0.5, 0.6) is 0 Å². The first kappa shape index (κ1) is 21.2. The number of carbonyl (C=O) groups is 1. The number of H-pyrrole nitrogens is 1. The lowest BCUT2D eigenvalue weighted by molar-refractivity contribution is -0.137. The van der Waals surface area contributed by atoms with Crippen molar-refractivity contribution in [2.75, 3.05) is 0 Å². The second kappa shape index (κ2) is 7.91.